The highest BCUT2D eigenvalue weighted by Crippen LogP contribution is 1.97. The topological polar surface area (TPSA) is 26.0 Å². The molecule has 0 rings (SSSR count). The number of rotatable bonds is 2. The van der Waals surface area contributed by atoms with Crippen molar-refractivity contribution in [2.45, 2.75) is 6.42 Å². The Hall–Kier alpha value is -0.850. The summed E-state index contributed by atoms with van der Waals surface area (Å²) in [5.41, 5.74) is 6.64. The largest absolute Gasteiger partial charge is 0.402 e. The molecule has 1 heteroatoms. The highest BCUT2D eigenvalue weighted by atomic mass is 14.5. The lowest BCUT2D eigenvalue weighted by Gasteiger charge is -1.87. The summed E-state index contributed by atoms with van der Waals surface area (Å²) in [7, 11) is 0. The van der Waals surface area contributed by atoms with Gasteiger partial charge in [0.15, 0.2) is 0 Å². The maximum atomic E-state index is 5.20. The Labute approximate surface area is 44.5 Å². The fourth-order valence-electron chi connectivity index (χ4n) is 0.321. The van der Waals surface area contributed by atoms with Gasteiger partial charge in [-0.25, -0.2) is 0 Å². The molecule has 0 atom stereocenters. The third kappa shape index (κ3) is 5.15. The Kier molecular flexibility index (Phi) is 2.06. The van der Waals surface area contributed by atoms with Crippen molar-refractivity contribution in [2.75, 3.05) is 0 Å². The Bertz CT molecular complexity index is 80.4. The molecule has 0 aliphatic heterocycles. The van der Waals surface area contributed by atoms with Crippen LogP contribution in [0.1, 0.15) is 6.42 Å². The SMILES string of the molecule is C=C([CH2+])CC(=C)N. The summed E-state index contributed by atoms with van der Waals surface area (Å²) in [6.07, 6.45) is 0.639. The zero-order valence-corrected chi connectivity index (χ0v) is 4.41. The van der Waals surface area contributed by atoms with E-state index in [0.717, 1.165) is 5.57 Å². The molecule has 0 aliphatic rings. The minimum absolute atomic E-state index is 0.625. The van der Waals surface area contributed by atoms with Crippen LogP contribution in [0.2, 0.25) is 0 Å². The van der Waals surface area contributed by atoms with Crippen molar-refractivity contribution in [3.05, 3.63) is 31.4 Å². The molecule has 0 amide bonds. The number of nitrogens with two attached hydrogens (primary N) is 1. The molecule has 0 aromatic rings. The fourth-order valence-corrected chi connectivity index (χ4v) is 0.321. The van der Waals surface area contributed by atoms with E-state index in [0.29, 0.717) is 12.1 Å². The molecule has 0 radical (unpaired) electrons. The zero-order chi connectivity index (χ0) is 5.86. The average molecular weight is 96.2 g/mol. The van der Waals surface area contributed by atoms with Crippen LogP contribution in [-0.4, -0.2) is 0 Å². The second-order valence-corrected chi connectivity index (χ2v) is 1.59. The van der Waals surface area contributed by atoms with E-state index in [-0.39, 0.29) is 0 Å². The molecule has 38 valence electrons. The fraction of sp³-hybridized carbons (Fsp3) is 0.167. The van der Waals surface area contributed by atoms with Gasteiger partial charge in [-0.3, -0.25) is 0 Å². The Morgan fingerprint density at radius 1 is 1.57 bits per heavy atom. The molecule has 2 N–H and O–H groups in total. The molecule has 0 unspecified atom stereocenters. The van der Waals surface area contributed by atoms with Crippen molar-refractivity contribution in [3.8, 4) is 0 Å². The van der Waals surface area contributed by atoms with Gasteiger partial charge in [0.25, 0.3) is 0 Å². The van der Waals surface area contributed by atoms with E-state index < -0.39 is 0 Å². The van der Waals surface area contributed by atoms with Gasteiger partial charge < -0.3 is 5.73 Å². The predicted molar refractivity (Wildman–Crippen MR) is 32.4 cm³/mol. The standard InChI is InChI=1S/C6H10N/c1-5(2)4-6(3)7/h1-4,7H2/q+1. The van der Waals surface area contributed by atoms with Crippen LogP contribution in [0.15, 0.2) is 24.4 Å². The molecule has 0 aromatic heterocycles. The summed E-state index contributed by atoms with van der Waals surface area (Å²) in [4.78, 5) is 0. The molecule has 0 fully saturated rings. The predicted octanol–water partition coefficient (Wildman–Crippen LogP) is 1.24. The highest BCUT2D eigenvalue weighted by molar-refractivity contribution is 5.08. The molecule has 7 heavy (non-hydrogen) atoms. The molecule has 0 heterocycles. The van der Waals surface area contributed by atoms with Gasteiger partial charge in [0.2, 0.25) is 0 Å². The lowest BCUT2D eigenvalue weighted by molar-refractivity contribution is 1.13. The van der Waals surface area contributed by atoms with E-state index in [9.17, 15) is 0 Å². The lowest BCUT2D eigenvalue weighted by Crippen LogP contribution is -1.93. The van der Waals surface area contributed by atoms with Crippen molar-refractivity contribution in [3.63, 3.8) is 0 Å². The van der Waals surface area contributed by atoms with Crippen LogP contribution in [0, 0.1) is 6.92 Å². The van der Waals surface area contributed by atoms with Crippen molar-refractivity contribution in [2.24, 2.45) is 5.73 Å². The number of hydrogen-bond donors (Lipinski definition) is 1. The Morgan fingerprint density at radius 2 is 2.00 bits per heavy atom. The van der Waals surface area contributed by atoms with Gasteiger partial charge in [-0.15, -0.1) is 0 Å². The van der Waals surface area contributed by atoms with Crippen LogP contribution < -0.4 is 5.73 Å². The van der Waals surface area contributed by atoms with Gasteiger partial charge in [-0.2, -0.15) is 0 Å². The maximum absolute atomic E-state index is 5.20. The average Bonchev–Trinajstić information content (AvgIpc) is 1.27. The highest BCUT2D eigenvalue weighted by Gasteiger charge is 1.90. The van der Waals surface area contributed by atoms with Crippen molar-refractivity contribution < 1.29 is 0 Å². The molecule has 1 nitrogen and oxygen atoms in total. The molecular weight excluding hydrogens is 86.1 g/mol. The van der Waals surface area contributed by atoms with Gasteiger partial charge in [0.05, 0.1) is 0 Å². The normalized spacial score (nSPS) is 8.00. The maximum Gasteiger partial charge on any atom is 0.102 e. The van der Waals surface area contributed by atoms with E-state index in [1.54, 1.807) is 0 Å². The Balaban J connectivity index is 3.32. The summed E-state index contributed by atoms with van der Waals surface area (Å²) in [6.45, 7) is 10.6. The van der Waals surface area contributed by atoms with E-state index >= 15 is 0 Å². The smallest absolute Gasteiger partial charge is 0.102 e. The van der Waals surface area contributed by atoms with Gasteiger partial charge in [0.1, 0.15) is 5.57 Å². The van der Waals surface area contributed by atoms with E-state index in [1.807, 2.05) is 0 Å². The van der Waals surface area contributed by atoms with Crippen LogP contribution in [0.25, 0.3) is 0 Å². The minimum atomic E-state index is 0.625. The van der Waals surface area contributed by atoms with Crippen LogP contribution in [-0.2, 0) is 0 Å². The monoisotopic (exact) mass is 96.1 g/mol. The summed E-state index contributed by atoms with van der Waals surface area (Å²) in [5.74, 6) is 0. The summed E-state index contributed by atoms with van der Waals surface area (Å²) >= 11 is 0. The van der Waals surface area contributed by atoms with Crippen LogP contribution in [0.5, 0.6) is 0 Å². The second-order valence-electron chi connectivity index (χ2n) is 1.59. The zero-order valence-electron chi connectivity index (χ0n) is 4.41. The van der Waals surface area contributed by atoms with E-state index in [2.05, 4.69) is 20.1 Å². The first-order valence-electron chi connectivity index (χ1n) is 2.06. The van der Waals surface area contributed by atoms with Gasteiger partial charge >= 0.3 is 0 Å². The second kappa shape index (κ2) is 2.35. The summed E-state index contributed by atoms with van der Waals surface area (Å²) in [5, 5.41) is 0. The first-order chi connectivity index (χ1) is 3.13. The molecule has 0 saturated heterocycles. The molecule has 0 bridgehead atoms. The van der Waals surface area contributed by atoms with Gasteiger partial charge in [-0.05, 0) is 0 Å². The van der Waals surface area contributed by atoms with Crippen LogP contribution >= 0.6 is 0 Å². The first kappa shape index (κ1) is 6.15. The quantitative estimate of drug-likeness (QED) is 0.514. The van der Waals surface area contributed by atoms with Crippen molar-refractivity contribution in [1.82, 2.24) is 0 Å². The molecule has 0 spiro atoms. The van der Waals surface area contributed by atoms with E-state index in [4.69, 9.17) is 5.73 Å². The molecular formula is C6H10N+. The molecule has 0 saturated carbocycles. The summed E-state index contributed by atoms with van der Waals surface area (Å²) in [6, 6.07) is 0. The van der Waals surface area contributed by atoms with E-state index in [1.165, 1.54) is 0 Å². The van der Waals surface area contributed by atoms with Crippen molar-refractivity contribution >= 4 is 0 Å². The summed E-state index contributed by atoms with van der Waals surface area (Å²) < 4.78 is 0. The molecule has 0 aromatic carbocycles. The minimum Gasteiger partial charge on any atom is -0.402 e. The lowest BCUT2D eigenvalue weighted by atomic mass is 10.2. The third-order valence-corrected chi connectivity index (χ3v) is 0.477. The first-order valence-corrected chi connectivity index (χ1v) is 2.06. The van der Waals surface area contributed by atoms with Crippen LogP contribution in [0.4, 0.5) is 0 Å². The van der Waals surface area contributed by atoms with Gasteiger partial charge in [0, 0.05) is 25.6 Å². The number of hydrogen-bond acceptors (Lipinski definition) is 1. The molecule has 0 aliphatic carbocycles. The Morgan fingerprint density at radius 3 is 2.00 bits per heavy atom. The van der Waals surface area contributed by atoms with Crippen LogP contribution in [0.3, 0.4) is 0 Å². The van der Waals surface area contributed by atoms with Gasteiger partial charge in [-0.1, -0.05) is 6.58 Å². The third-order valence-electron chi connectivity index (χ3n) is 0.477. The number of allylic oxidation sites excluding steroid dienone is 1. The van der Waals surface area contributed by atoms with Crippen molar-refractivity contribution in [1.29, 1.82) is 0 Å².